The summed E-state index contributed by atoms with van der Waals surface area (Å²) in [5, 5.41) is 18.5. The predicted octanol–water partition coefficient (Wildman–Crippen LogP) is -1.60. The summed E-state index contributed by atoms with van der Waals surface area (Å²) < 4.78 is 6.42. The number of H-pyrrole nitrogens is 1. The summed E-state index contributed by atoms with van der Waals surface area (Å²) in [7, 11) is 0. The molecular formula is C14H21N3O6S. The first-order chi connectivity index (χ1) is 11.3. The molecular weight excluding hydrogens is 338 g/mol. The first-order valence-electron chi connectivity index (χ1n) is 7.48. The van der Waals surface area contributed by atoms with E-state index in [1.165, 1.54) is 6.20 Å². The van der Waals surface area contributed by atoms with Crippen LogP contribution in [0.3, 0.4) is 0 Å². The lowest BCUT2D eigenvalue weighted by Crippen LogP contribution is -2.45. The molecule has 0 amide bonds. The van der Waals surface area contributed by atoms with Crippen molar-refractivity contribution >= 4 is 17.7 Å². The van der Waals surface area contributed by atoms with Crippen LogP contribution >= 0.6 is 11.8 Å². The Labute approximate surface area is 141 Å². The van der Waals surface area contributed by atoms with E-state index in [0.717, 1.165) is 22.4 Å². The molecule has 1 aromatic heterocycles. The van der Waals surface area contributed by atoms with Crippen LogP contribution in [0.2, 0.25) is 0 Å². The molecule has 0 aliphatic carbocycles. The van der Waals surface area contributed by atoms with Crippen LogP contribution in [0.15, 0.2) is 21.9 Å². The Hall–Kier alpha value is -1.62. The second-order valence-corrected chi connectivity index (χ2v) is 7.29. The lowest BCUT2D eigenvalue weighted by molar-refractivity contribution is -0.157. The van der Waals surface area contributed by atoms with E-state index in [4.69, 9.17) is 10.5 Å². The highest BCUT2D eigenvalue weighted by Crippen LogP contribution is 2.42. The molecule has 1 fully saturated rings. The van der Waals surface area contributed by atoms with Gasteiger partial charge in [0.05, 0.1) is 11.9 Å². The maximum absolute atomic E-state index is 12.0. The second kappa shape index (κ2) is 7.51. The van der Waals surface area contributed by atoms with E-state index in [0.29, 0.717) is 0 Å². The van der Waals surface area contributed by atoms with Crippen molar-refractivity contribution in [3.63, 3.8) is 0 Å². The van der Waals surface area contributed by atoms with Gasteiger partial charge in [0.15, 0.2) is 0 Å². The Kier molecular flexibility index (Phi) is 5.86. The van der Waals surface area contributed by atoms with Gasteiger partial charge in [-0.3, -0.25) is 19.1 Å². The summed E-state index contributed by atoms with van der Waals surface area (Å²) in [5.74, 6) is -0.823. The number of hydrogen-bond acceptors (Lipinski definition) is 8. The first kappa shape index (κ1) is 18.7. The Morgan fingerprint density at radius 3 is 2.71 bits per heavy atom. The Balaban J connectivity index is 2.23. The zero-order chi connectivity index (χ0) is 18.0. The maximum Gasteiger partial charge on any atom is 0.329 e. The van der Waals surface area contributed by atoms with Crippen LogP contribution in [0.1, 0.15) is 19.2 Å². The fraction of sp³-hybridized carbons (Fsp3) is 0.643. The number of carbonyl (C=O) groups is 1. The van der Waals surface area contributed by atoms with Gasteiger partial charge in [-0.05, 0) is 5.92 Å². The average Bonchev–Trinajstić information content (AvgIpc) is 2.83. The number of hydrogen-bond donors (Lipinski definition) is 4. The monoisotopic (exact) mass is 359 g/mol. The number of nitrogens with zero attached hydrogens (tertiary/aromatic N) is 1. The van der Waals surface area contributed by atoms with Crippen molar-refractivity contribution in [1.82, 2.24) is 9.55 Å². The van der Waals surface area contributed by atoms with Crippen LogP contribution < -0.4 is 17.0 Å². The molecule has 1 saturated heterocycles. The molecule has 5 N–H and O–H groups in total. The van der Waals surface area contributed by atoms with Gasteiger partial charge in [-0.1, -0.05) is 13.8 Å². The Morgan fingerprint density at radius 1 is 1.50 bits per heavy atom. The first-order valence-corrected chi connectivity index (χ1v) is 8.42. The number of aromatic nitrogens is 2. The number of rotatable bonds is 5. The lowest BCUT2D eigenvalue weighted by Gasteiger charge is -2.24. The molecule has 2 heterocycles. The molecule has 0 radical (unpaired) electrons. The Morgan fingerprint density at radius 2 is 2.17 bits per heavy atom. The average molecular weight is 359 g/mol. The third-order valence-electron chi connectivity index (χ3n) is 3.86. The SMILES string of the molecule is CC(C)[C@H](N)C(=O)OC1C(O)[C@H](n2ccc(=O)[nH]c2=O)S[C@@H]1CO. The number of carbonyl (C=O) groups excluding carboxylic acids is 1. The second-order valence-electron chi connectivity index (χ2n) is 5.93. The lowest BCUT2D eigenvalue weighted by atomic mass is 10.1. The van der Waals surface area contributed by atoms with Gasteiger partial charge >= 0.3 is 11.7 Å². The zero-order valence-corrected chi connectivity index (χ0v) is 14.1. The van der Waals surface area contributed by atoms with Gasteiger partial charge in [0.2, 0.25) is 0 Å². The molecule has 0 aromatic carbocycles. The van der Waals surface area contributed by atoms with Crippen LogP contribution in [0.5, 0.6) is 0 Å². The molecule has 0 bridgehead atoms. The van der Waals surface area contributed by atoms with Crippen molar-refractivity contribution in [2.24, 2.45) is 11.7 Å². The number of aromatic amines is 1. The number of thioether (sulfide) groups is 1. The maximum atomic E-state index is 12.0. The number of aliphatic hydroxyl groups excluding tert-OH is 2. The van der Waals surface area contributed by atoms with E-state index in [2.05, 4.69) is 4.98 Å². The van der Waals surface area contributed by atoms with Crippen molar-refractivity contribution in [2.45, 2.75) is 42.7 Å². The van der Waals surface area contributed by atoms with Crippen LogP contribution in [0, 0.1) is 5.92 Å². The van der Waals surface area contributed by atoms with E-state index >= 15 is 0 Å². The van der Waals surface area contributed by atoms with Gasteiger partial charge in [-0.2, -0.15) is 0 Å². The predicted molar refractivity (Wildman–Crippen MR) is 87.5 cm³/mol. The summed E-state index contributed by atoms with van der Waals surface area (Å²) >= 11 is 1.08. The van der Waals surface area contributed by atoms with Gasteiger partial charge in [0.25, 0.3) is 5.56 Å². The molecule has 1 aromatic rings. The van der Waals surface area contributed by atoms with Crippen molar-refractivity contribution in [1.29, 1.82) is 0 Å². The zero-order valence-electron chi connectivity index (χ0n) is 13.3. The Bertz CT molecular complexity index is 702. The van der Waals surface area contributed by atoms with Crippen LogP contribution in [-0.4, -0.2) is 55.8 Å². The molecule has 134 valence electrons. The highest BCUT2D eigenvalue weighted by atomic mass is 32.2. The number of ether oxygens (including phenoxy) is 1. The summed E-state index contributed by atoms with van der Waals surface area (Å²) in [6.07, 6.45) is -0.999. The summed E-state index contributed by atoms with van der Waals surface area (Å²) in [6, 6.07) is 0.299. The molecule has 0 saturated carbocycles. The van der Waals surface area contributed by atoms with E-state index in [1.807, 2.05) is 0 Å². The minimum Gasteiger partial charge on any atom is -0.457 e. The van der Waals surface area contributed by atoms with Crippen LogP contribution in [0.25, 0.3) is 0 Å². The largest absolute Gasteiger partial charge is 0.457 e. The highest BCUT2D eigenvalue weighted by Gasteiger charge is 2.47. The molecule has 2 unspecified atom stereocenters. The molecule has 10 heteroatoms. The standard InChI is InChI=1S/C14H21N3O6S/c1-6(2)9(15)13(21)23-11-7(5-18)24-12(10(11)20)17-4-3-8(19)16-14(17)22/h3-4,6-7,9-12,18,20H,5,15H2,1-2H3,(H,16,19,22)/t7-,9+,10?,11?,12-/m1/s1. The minimum absolute atomic E-state index is 0.145. The molecule has 5 atom stereocenters. The third kappa shape index (κ3) is 3.72. The topological polar surface area (TPSA) is 148 Å². The number of esters is 1. The smallest absolute Gasteiger partial charge is 0.329 e. The molecule has 1 aliphatic rings. The molecule has 9 nitrogen and oxygen atoms in total. The van der Waals surface area contributed by atoms with E-state index < -0.39 is 46.1 Å². The molecule has 2 rings (SSSR count). The fourth-order valence-electron chi connectivity index (χ4n) is 2.35. The number of nitrogens with two attached hydrogens (primary N) is 1. The normalized spacial score (nSPS) is 28.1. The number of nitrogens with one attached hydrogen (secondary N) is 1. The fourth-order valence-corrected chi connectivity index (χ4v) is 3.78. The van der Waals surface area contributed by atoms with Gasteiger partial charge in [0.1, 0.15) is 23.6 Å². The highest BCUT2D eigenvalue weighted by molar-refractivity contribution is 8.00. The van der Waals surface area contributed by atoms with Gasteiger partial charge < -0.3 is 20.7 Å². The van der Waals surface area contributed by atoms with Gasteiger partial charge in [-0.25, -0.2) is 4.79 Å². The third-order valence-corrected chi connectivity index (χ3v) is 5.41. The quantitative estimate of drug-likeness (QED) is 0.459. The minimum atomic E-state index is -1.24. The van der Waals surface area contributed by atoms with Crippen LogP contribution in [0.4, 0.5) is 0 Å². The van der Waals surface area contributed by atoms with Gasteiger partial charge in [-0.15, -0.1) is 11.8 Å². The molecule has 0 spiro atoms. The molecule has 24 heavy (non-hydrogen) atoms. The van der Waals surface area contributed by atoms with Crippen molar-refractivity contribution in [3.05, 3.63) is 33.1 Å². The summed E-state index contributed by atoms with van der Waals surface area (Å²) in [6.45, 7) is 3.17. The van der Waals surface area contributed by atoms with Crippen LogP contribution in [-0.2, 0) is 9.53 Å². The van der Waals surface area contributed by atoms with E-state index in [9.17, 15) is 24.6 Å². The molecule has 1 aliphatic heterocycles. The van der Waals surface area contributed by atoms with Crippen molar-refractivity contribution in [2.75, 3.05) is 6.61 Å². The van der Waals surface area contributed by atoms with Crippen molar-refractivity contribution in [3.8, 4) is 0 Å². The summed E-state index contributed by atoms with van der Waals surface area (Å²) in [5.41, 5.74) is 4.49. The number of aliphatic hydroxyl groups is 2. The summed E-state index contributed by atoms with van der Waals surface area (Å²) in [4.78, 5) is 37.2. The van der Waals surface area contributed by atoms with Crippen molar-refractivity contribution < 1.29 is 19.7 Å². The van der Waals surface area contributed by atoms with E-state index in [-0.39, 0.29) is 12.5 Å². The van der Waals surface area contributed by atoms with E-state index in [1.54, 1.807) is 13.8 Å². The van der Waals surface area contributed by atoms with Gasteiger partial charge in [0, 0.05) is 12.3 Å².